The van der Waals surface area contributed by atoms with Gasteiger partial charge in [-0.25, -0.2) is 0 Å². The third kappa shape index (κ3) is 4.71. The van der Waals surface area contributed by atoms with Crippen molar-refractivity contribution in [3.8, 4) is 0 Å². The molecule has 0 spiro atoms. The molecule has 0 bridgehead atoms. The Labute approximate surface area is 171 Å². The third-order valence-corrected chi connectivity index (χ3v) is 4.90. The molecule has 0 saturated carbocycles. The summed E-state index contributed by atoms with van der Waals surface area (Å²) in [5.41, 5.74) is 4.27. The second kappa shape index (κ2) is 9.19. The van der Waals surface area contributed by atoms with Crippen molar-refractivity contribution in [2.45, 2.75) is 26.4 Å². The molecule has 0 aliphatic heterocycles. The van der Waals surface area contributed by atoms with E-state index in [2.05, 4.69) is 22.5 Å². The van der Waals surface area contributed by atoms with Gasteiger partial charge in [0.15, 0.2) is 0 Å². The molecule has 0 aliphatic carbocycles. The monoisotopic (exact) mass is 390 g/mol. The zero-order valence-electron chi connectivity index (χ0n) is 17.1. The number of carbonyl (C=O) groups is 2. The van der Waals surface area contributed by atoms with Crippen LogP contribution in [-0.4, -0.2) is 40.6 Å². The summed E-state index contributed by atoms with van der Waals surface area (Å²) in [6.07, 6.45) is 2.39. The van der Waals surface area contributed by atoms with Gasteiger partial charge >= 0.3 is 0 Å². The number of hydrogen-bond acceptors (Lipinski definition) is 3. The quantitative estimate of drug-likeness (QED) is 0.674. The Bertz CT molecular complexity index is 978. The maximum Gasteiger partial charge on any atom is 0.257 e. The van der Waals surface area contributed by atoms with Gasteiger partial charge in [0.05, 0.1) is 24.0 Å². The molecule has 29 heavy (non-hydrogen) atoms. The minimum absolute atomic E-state index is 0.0588. The van der Waals surface area contributed by atoms with E-state index < -0.39 is 0 Å². The topological polar surface area (TPSA) is 67.2 Å². The van der Waals surface area contributed by atoms with Crippen LogP contribution in [0, 0.1) is 0 Å². The normalized spacial score (nSPS) is 10.6. The van der Waals surface area contributed by atoms with Crippen LogP contribution in [0.5, 0.6) is 0 Å². The number of rotatable bonds is 7. The molecule has 150 valence electrons. The van der Waals surface area contributed by atoms with E-state index >= 15 is 0 Å². The minimum Gasteiger partial charge on any atom is -0.355 e. The number of nitrogens with zero attached hydrogens (tertiary/aromatic N) is 3. The summed E-state index contributed by atoms with van der Waals surface area (Å²) in [7, 11) is 3.38. The van der Waals surface area contributed by atoms with Crippen LogP contribution in [0.25, 0.3) is 0 Å². The molecule has 6 heteroatoms. The summed E-state index contributed by atoms with van der Waals surface area (Å²) in [5.74, 6) is -0.184. The Morgan fingerprint density at radius 3 is 2.34 bits per heavy atom. The van der Waals surface area contributed by atoms with E-state index in [-0.39, 0.29) is 11.8 Å². The van der Waals surface area contributed by atoms with Gasteiger partial charge < -0.3 is 10.2 Å². The Morgan fingerprint density at radius 1 is 1.03 bits per heavy atom. The van der Waals surface area contributed by atoms with E-state index in [1.54, 1.807) is 37.3 Å². The first-order valence-electron chi connectivity index (χ1n) is 9.68. The summed E-state index contributed by atoms with van der Waals surface area (Å²) >= 11 is 0. The first kappa shape index (κ1) is 20.3. The van der Waals surface area contributed by atoms with Crippen molar-refractivity contribution >= 4 is 11.8 Å². The average molecular weight is 390 g/mol. The van der Waals surface area contributed by atoms with Crippen LogP contribution in [0.2, 0.25) is 0 Å². The highest BCUT2D eigenvalue weighted by Gasteiger charge is 2.20. The van der Waals surface area contributed by atoms with Gasteiger partial charge in [-0.2, -0.15) is 5.10 Å². The van der Waals surface area contributed by atoms with Crippen LogP contribution in [0.3, 0.4) is 0 Å². The van der Waals surface area contributed by atoms with Crippen LogP contribution in [-0.2, 0) is 19.5 Å². The molecule has 2 amide bonds. The lowest BCUT2D eigenvalue weighted by atomic mass is 10.1. The largest absolute Gasteiger partial charge is 0.355 e. The number of amides is 2. The van der Waals surface area contributed by atoms with Gasteiger partial charge in [0, 0.05) is 26.2 Å². The molecule has 0 atom stereocenters. The van der Waals surface area contributed by atoms with Crippen LogP contribution < -0.4 is 5.32 Å². The van der Waals surface area contributed by atoms with Gasteiger partial charge in [-0.1, -0.05) is 49.4 Å². The summed E-state index contributed by atoms with van der Waals surface area (Å²) in [5, 5.41) is 7.06. The maximum absolute atomic E-state index is 13.0. The maximum atomic E-state index is 13.0. The van der Waals surface area contributed by atoms with Crippen molar-refractivity contribution in [2.75, 3.05) is 14.1 Å². The van der Waals surface area contributed by atoms with E-state index in [9.17, 15) is 9.59 Å². The van der Waals surface area contributed by atoms with Gasteiger partial charge in [0.2, 0.25) is 0 Å². The fourth-order valence-electron chi connectivity index (χ4n) is 3.31. The van der Waals surface area contributed by atoms with Crippen LogP contribution in [0.1, 0.15) is 44.5 Å². The second-order valence-electron chi connectivity index (χ2n) is 6.94. The number of carbonyl (C=O) groups excluding carboxylic acids is 2. The average Bonchev–Trinajstić information content (AvgIpc) is 3.16. The molecule has 0 unspecified atom stereocenters. The molecule has 1 heterocycles. The molecule has 3 rings (SSSR count). The third-order valence-electron chi connectivity index (χ3n) is 4.90. The van der Waals surface area contributed by atoms with Crippen molar-refractivity contribution in [1.82, 2.24) is 20.0 Å². The minimum atomic E-state index is -0.126. The highest BCUT2D eigenvalue weighted by atomic mass is 16.2. The van der Waals surface area contributed by atoms with E-state index in [0.717, 1.165) is 23.2 Å². The summed E-state index contributed by atoms with van der Waals surface area (Å²) < 4.78 is 1.90. The predicted molar refractivity (Wildman–Crippen MR) is 113 cm³/mol. The van der Waals surface area contributed by atoms with Crippen LogP contribution >= 0.6 is 0 Å². The Balaban J connectivity index is 1.73. The van der Waals surface area contributed by atoms with E-state index in [1.807, 2.05) is 41.9 Å². The SMILES string of the molecule is CCc1c(C(=O)N(C)Cc2ccc(C(=O)NC)cc2)cnn1Cc1ccccc1. The van der Waals surface area contributed by atoms with E-state index in [1.165, 1.54) is 0 Å². The predicted octanol–water partition coefficient (Wildman–Crippen LogP) is 3.13. The molecule has 0 aliphatic rings. The lowest BCUT2D eigenvalue weighted by Crippen LogP contribution is -2.27. The van der Waals surface area contributed by atoms with Crippen molar-refractivity contribution in [3.63, 3.8) is 0 Å². The zero-order valence-corrected chi connectivity index (χ0v) is 17.1. The van der Waals surface area contributed by atoms with E-state index in [4.69, 9.17) is 0 Å². The smallest absolute Gasteiger partial charge is 0.257 e. The number of benzene rings is 2. The number of aromatic nitrogens is 2. The van der Waals surface area contributed by atoms with Crippen LogP contribution in [0.15, 0.2) is 60.8 Å². The Hall–Kier alpha value is -3.41. The van der Waals surface area contributed by atoms with Crippen molar-refractivity contribution < 1.29 is 9.59 Å². The molecule has 0 fully saturated rings. The Morgan fingerprint density at radius 2 is 1.72 bits per heavy atom. The number of hydrogen-bond donors (Lipinski definition) is 1. The zero-order chi connectivity index (χ0) is 20.8. The van der Waals surface area contributed by atoms with Gasteiger partial charge in [-0.15, -0.1) is 0 Å². The van der Waals surface area contributed by atoms with Crippen molar-refractivity contribution in [3.05, 3.63) is 88.7 Å². The van der Waals surface area contributed by atoms with Gasteiger partial charge in [-0.3, -0.25) is 14.3 Å². The summed E-state index contributed by atoms with van der Waals surface area (Å²) in [4.78, 5) is 26.4. The molecule has 6 nitrogen and oxygen atoms in total. The first-order valence-corrected chi connectivity index (χ1v) is 9.68. The van der Waals surface area contributed by atoms with E-state index in [0.29, 0.717) is 24.2 Å². The molecule has 1 N–H and O–H groups in total. The van der Waals surface area contributed by atoms with Crippen molar-refractivity contribution in [1.29, 1.82) is 0 Å². The number of nitrogens with one attached hydrogen (secondary N) is 1. The highest BCUT2D eigenvalue weighted by molar-refractivity contribution is 5.95. The first-order chi connectivity index (χ1) is 14.0. The standard InChI is InChI=1S/C23H26N4O2/c1-4-21-20(14-25-27(21)16-17-8-6-5-7-9-17)23(29)26(3)15-18-10-12-19(13-11-18)22(28)24-2/h5-14H,4,15-16H2,1-3H3,(H,24,28). The molecule has 0 saturated heterocycles. The summed E-state index contributed by atoms with van der Waals surface area (Å²) in [6.45, 7) is 3.13. The lowest BCUT2D eigenvalue weighted by Gasteiger charge is -2.18. The molecule has 0 radical (unpaired) electrons. The summed E-state index contributed by atoms with van der Waals surface area (Å²) in [6, 6.07) is 17.4. The fraction of sp³-hybridized carbons (Fsp3) is 0.261. The van der Waals surface area contributed by atoms with Crippen molar-refractivity contribution in [2.24, 2.45) is 0 Å². The van der Waals surface area contributed by atoms with Gasteiger partial charge in [-0.05, 0) is 29.7 Å². The van der Waals surface area contributed by atoms with Gasteiger partial charge in [0.1, 0.15) is 0 Å². The van der Waals surface area contributed by atoms with Gasteiger partial charge in [0.25, 0.3) is 11.8 Å². The Kier molecular flexibility index (Phi) is 6.44. The molecular formula is C23H26N4O2. The molecule has 3 aromatic rings. The lowest BCUT2D eigenvalue weighted by molar-refractivity contribution is 0.0783. The molecule has 2 aromatic carbocycles. The van der Waals surface area contributed by atoms with Crippen LogP contribution in [0.4, 0.5) is 0 Å². The highest BCUT2D eigenvalue weighted by Crippen LogP contribution is 2.16. The fourth-order valence-corrected chi connectivity index (χ4v) is 3.31. The molecular weight excluding hydrogens is 364 g/mol. The molecule has 1 aromatic heterocycles. The second-order valence-corrected chi connectivity index (χ2v) is 6.94.